The van der Waals surface area contributed by atoms with Crippen LogP contribution >= 0.6 is 23.2 Å². The molecule has 39 heavy (non-hydrogen) atoms. The van der Waals surface area contributed by atoms with Crippen LogP contribution in [0.5, 0.6) is 0 Å². The number of urea groups is 1. The van der Waals surface area contributed by atoms with Crippen LogP contribution < -0.4 is 0 Å². The molecule has 8 nitrogen and oxygen atoms in total. The number of likely N-dealkylation sites (tertiary alicyclic amines) is 1. The van der Waals surface area contributed by atoms with E-state index in [4.69, 9.17) is 23.2 Å². The monoisotopic (exact) mass is 571 g/mol. The number of halogens is 2. The molecule has 2 heterocycles. The van der Waals surface area contributed by atoms with Crippen molar-refractivity contribution in [2.75, 3.05) is 20.1 Å². The molecule has 2 aliphatic heterocycles. The number of rotatable bonds is 8. The summed E-state index contributed by atoms with van der Waals surface area (Å²) in [6, 6.07) is 13.4. The fourth-order valence-electron chi connectivity index (χ4n) is 6.23. The molecule has 3 fully saturated rings. The molecule has 5 rings (SSSR count). The van der Waals surface area contributed by atoms with Crippen molar-refractivity contribution in [1.29, 1.82) is 0 Å². The number of carboxylic acids is 1. The van der Waals surface area contributed by atoms with Gasteiger partial charge in [-0.2, -0.15) is 0 Å². The van der Waals surface area contributed by atoms with Crippen LogP contribution in [0.25, 0.3) is 0 Å². The Bertz CT molecular complexity index is 1310. The highest BCUT2D eigenvalue weighted by atomic mass is 35.5. The van der Waals surface area contributed by atoms with Crippen LogP contribution in [-0.4, -0.2) is 69.8 Å². The SMILES string of the molecule is CN1CC(=O)N(C[C@H](C2CC2)N2C(=O)[C@@](C)(CC(=O)O)C[C@H](c3cccc(Cl)c3)[C@H]2c2ccc(Cl)cc2)C1=O. The summed E-state index contributed by atoms with van der Waals surface area (Å²) in [5.74, 6) is -1.86. The second-order valence-corrected chi connectivity index (χ2v) is 12.1. The molecule has 10 heteroatoms. The predicted octanol–water partition coefficient (Wildman–Crippen LogP) is 5.20. The zero-order chi connectivity index (χ0) is 28.1. The molecule has 4 amide bonds. The molecule has 4 atom stereocenters. The molecule has 1 aliphatic carbocycles. The third-order valence-electron chi connectivity index (χ3n) is 8.26. The van der Waals surface area contributed by atoms with Crippen LogP contribution in [0.2, 0.25) is 10.0 Å². The van der Waals surface area contributed by atoms with E-state index in [2.05, 4.69) is 0 Å². The molecule has 2 aromatic carbocycles. The lowest BCUT2D eigenvalue weighted by Gasteiger charge is -2.52. The molecule has 3 aliphatic rings. The fraction of sp³-hybridized carbons (Fsp3) is 0.448. The number of carboxylic acid groups (broad SMARTS) is 1. The van der Waals surface area contributed by atoms with Crippen molar-refractivity contribution in [2.45, 2.75) is 50.6 Å². The van der Waals surface area contributed by atoms with E-state index in [1.54, 1.807) is 37.1 Å². The van der Waals surface area contributed by atoms with Crippen LogP contribution in [0.3, 0.4) is 0 Å². The van der Waals surface area contributed by atoms with Gasteiger partial charge in [0.05, 0.1) is 30.5 Å². The van der Waals surface area contributed by atoms with Gasteiger partial charge in [-0.15, -0.1) is 0 Å². The topological polar surface area (TPSA) is 98.2 Å². The summed E-state index contributed by atoms with van der Waals surface area (Å²) in [4.78, 5) is 56.5. The normalized spacial score (nSPS) is 26.4. The largest absolute Gasteiger partial charge is 0.481 e. The summed E-state index contributed by atoms with van der Waals surface area (Å²) in [7, 11) is 1.58. The summed E-state index contributed by atoms with van der Waals surface area (Å²) >= 11 is 12.6. The van der Waals surface area contributed by atoms with E-state index >= 15 is 0 Å². The van der Waals surface area contributed by atoms with E-state index in [0.29, 0.717) is 16.5 Å². The first kappa shape index (κ1) is 27.5. The quantitative estimate of drug-likeness (QED) is 0.439. The maximum atomic E-state index is 14.5. The summed E-state index contributed by atoms with van der Waals surface area (Å²) in [6.45, 7) is 1.76. The molecule has 0 aromatic heterocycles. The van der Waals surface area contributed by atoms with E-state index in [1.807, 2.05) is 30.3 Å². The zero-order valence-corrected chi connectivity index (χ0v) is 23.4. The number of carbonyl (C=O) groups is 4. The lowest BCUT2D eigenvalue weighted by Crippen LogP contribution is -2.59. The standard InChI is InChI=1S/C29H31Cl2N3O5/c1-29(14-25(36)37)13-22(19-4-3-5-21(31)12-19)26(18-8-10-20(30)11-9-18)34(27(29)38)23(17-6-7-17)15-33-24(35)16-32(2)28(33)39/h3-5,8-12,17,22-23,26H,6-7,13-16H2,1-2H3,(H,36,37)/t22-,23-,26-,29-/m1/s1. The van der Waals surface area contributed by atoms with Gasteiger partial charge in [-0.25, -0.2) is 4.79 Å². The number of nitrogens with zero attached hydrogens (tertiary/aromatic N) is 3. The summed E-state index contributed by atoms with van der Waals surface area (Å²) in [6.07, 6.45) is 1.66. The minimum Gasteiger partial charge on any atom is -0.481 e. The van der Waals surface area contributed by atoms with Crippen molar-refractivity contribution in [3.8, 4) is 0 Å². The summed E-state index contributed by atoms with van der Waals surface area (Å²) < 4.78 is 0. The zero-order valence-electron chi connectivity index (χ0n) is 21.8. The molecular formula is C29H31Cl2N3O5. The minimum absolute atomic E-state index is 0.00729. The van der Waals surface area contributed by atoms with E-state index in [1.165, 1.54) is 9.80 Å². The van der Waals surface area contributed by atoms with E-state index in [9.17, 15) is 24.3 Å². The van der Waals surface area contributed by atoms with Gasteiger partial charge in [0, 0.05) is 23.0 Å². The Balaban J connectivity index is 1.67. The lowest BCUT2D eigenvalue weighted by atomic mass is 9.67. The van der Waals surface area contributed by atoms with Crippen molar-refractivity contribution in [2.24, 2.45) is 11.3 Å². The molecule has 1 saturated carbocycles. The van der Waals surface area contributed by atoms with Gasteiger partial charge >= 0.3 is 12.0 Å². The van der Waals surface area contributed by atoms with Crippen molar-refractivity contribution in [3.63, 3.8) is 0 Å². The fourth-order valence-corrected chi connectivity index (χ4v) is 6.55. The number of hydrogen-bond donors (Lipinski definition) is 1. The minimum atomic E-state index is -1.20. The number of hydrogen-bond acceptors (Lipinski definition) is 4. The highest BCUT2D eigenvalue weighted by Gasteiger charge is 2.55. The Hall–Kier alpha value is -3.10. The maximum Gasteiger partial charge on any atom is 0.327 e. The van der Waals surface area contributed by atoms with Crippen molar-refractivity contribution in [1.82, 2.24) is 14.7 Å². The highest BCUT2D eigenvalue weighted by molar-refractivity contribution is 6.30. The number of carbonyl (C=O) groups excluding carboxylic acids is 3. The van der Waals surface area contributed by atoms with Gasteiger partial charge in [-0.1, -0.05) is 54.4 Å². The van der Waals surface area contributed by atoms with Gasteiger partial charge in [-0.05, 0) is 60.6 Å². The third kappa shape index (κ3) is 5.37. The smallest absolute Gasteiger partial charge is 0.327 e. The Morgan fingerprint density at radius 3 is 2.31 bits per heavy atom. The molecule has 0 unspecified atom stereocenters. The van der Waals surface area contributed by atoms with Gasteiger partial charge in [0.2, 0.25) is 11.8 Å². The maximum absolute atomic E-state index is 14.5. The molecule has 0 radical (unpaired) electrons. The number of imide groups is 1. The Morgan fingerprint density at radius 2 is 1.74 bits per heavy atom. The first-order chi connectivity index (χ1) is 18.5. The van der Waals surface area contributed by atoms with Gasteiger partial charge < -0.3 is 14.9 Å². The average Bonchev–Trinajstić information content (AvgIpc) is 3.68. The summed E-state index contributed by atoms with van der Waals surface area (Å²) in [5, 5.41) is 10.9. The van der Waals surface area contributed by atoms with Crippen molar-refractivity contribution in [3.05, 3.63) is 69.7 Å². The second-order valence-electron chi connectivity index (χ2n) is 11.3. The van der Waals surface area contributed by atoms with Gasteiger partial charge in [0.15, 0.2) is 0 Å². The Morgan fingerprint density at radius 1 is 1.05 bits per heavy atom. The number of likely N-dealkylation sites (N-methyl/N-ethyl adjacent to an activating group) is 1. The lowest BCUT2D eigenvalue weighted by molar-refractivity contribution is -0.161. The molecule has 2 aromatic rings. The first-order valence-corrected chi connectivity index (χ1v) is 13.8. The number of aliphatic carboxylic acids is 1. The Kier molecular flexibility index (Phi) is 7.37. The molecular weight excluding hydrogens is 541 g/mol. The third-order valence-corrected chi connectivity index (χ3v) is 8.74. The molecule has 0 bridgehead atoms. The van der Waals surface area contributed by atoms with Crippen LogP contribution in [0.4, 0.5) is 4.79 Å². The highest BCUT2D eigenvalue weighted by Crippen LogP contribution is 2.54. The van der Waals surface area contributed by atoms with Crippen molar-refractivity contribution < 1.29 is 24.3 Å². The van der Waals surface area contributed by atoms with E-state index in [0.717, 1.165) is 24.0 Å². The molecule has 2 saturated heterocycles. The van der Waals surface area contributed by atoms with Crippen molar-refractivity contribution >= 4 is 47.0 Å². The van der Waals surface area contributed by atoms with Crippen LogP contribution in [0.15, 0.2) is 48.5 Å². The predicted molar refractivity (Wildman–Crippen MR) is 146 cm³/mol. The summed E-state index contributed by atoms with van der Waals surface area (Å²) in [5.41, 5.74) is 0.529. The molecule has 206 valence electrons. The molecule has 1 N–H and O–H groups in total. The van der Waals surface area contributed by atoms with Crippen LogP contribution in [0, 0.1) is 11.3 Å². The van der Waals surface area contributed by atoms with E-state index in [-0.39, 0.29) is 43.2 Å². The number of piperidine rings is 1. The van der Waals surface area contributed by atoms with E-state index < -0.39 is 29.5 Å². The Labute approximate surface area is 237 Å². The number of benzene rings is 2. The average molecular weight is 572 g/mol. The molecule has 0 spiro atoms. The second kappa shape index (κ2) is 10.5. The van der Waals surface area contributed by atoms with Crippen LogP contribution in [0.1, 0.15) is 55.7 Å². The van der Waals surface area contributed by atoms with Crippen LogP contribution in [-0.2, 0) is 14.4 Å². The van der Waals surface area contributed by atoms with Gasteiger partial charge in [0.25, 0.3) is 0 Å². The van der Waals surface area contributed by atoms with Gasteiger partial charge in [0.1, 0.15) is 6.54 Å². The van der Waals surface area contributed by atoms with Gasteiger partial charge in [-0.3, -0.25) is 19.3 Å². The first-order valence-electron chi connectivity index (χ1n) is 13.1. The number of amides is 4.